The normalized spacial score (nSPS) is 16.8. The molecule has 1 aliphatic heterocycles. The van der Waals surface area contributed by atoms with Gasteiger partial charge in [-0.3, -0.25) is 4.79 Å². The van der Waals surface area contributed by atoms with Gasteiger partial charge in [-0.2, -0.15) is 5.10 Å². The number of nitrogens with zero attached hydrogens (tertiary/aromatic N) is 4. The van der Waals surface area contributed by atoms with Crippen LogP contribution in [0.5, 0.6) is 0 Å². The molecule has 0 aliphatic carbocycles. The summed E-state index contributed by atoms with van der Waals surface area (Å²) in [7, 11) is 3.75. The van der Waals surface area contributed by atoms with Crippen LogP contribution in [0.25, 0.3) is 21.0 Å². The molecule has 1 aliphatic rings. The zero-order valence-electron chi connectivity index (χ0n) is 18.2. The number of aliphatic imine (C=N–C) groups is 1. The summed E-state index contributed by atoms with van der Waals surface area (Å²) in [4.78, 5) is 20.3. The van der Waals surface area contributed by atoms with Gasteiger partial charge in [-0.25, -0.2) is 14.1 Å². The van der Waals surface area contributed by atoms with Crippen molar-refractivity contribution in [1.82, 2.24) is 14.7 Å². The van der Waals surface area contributed by atoms with Crippen LogP contribution in [0.4, 0.5) is 10.1 Å². The van der Waals surface area contributed by atoms with Gasteiger partial charge in [0.2, 0.25) is 0 Å². The van der Waals surface area contributed by atoms with E-state index < -0.39 is 5.82 Å². The predicted octanol–water partition coefficient (Wildman–Crippen LogP) is 6.30. The SMILES string of the molecule is CN(C)C=Nc1c(C(=O)c2ccc(F)c3nn(C4CCCCO4)cc23)cc(Br)c2ccsc12. The summed E-state index contributed by atoms with van der Waals surface area (Å²) in [6.45, 7) is 0.650. The maximum Gasteiger partial charge on any atom is 0.196 e. The van der Waals surface area contributed by atoms with Crippen molar-refractivity contribution in [3.8, 4) is 0 Å². The van der Waals surface area contributed by atoms with Gasteiger partial charge in [0.25, 0.3) is 0 Å². The number of thiophene rings is 1. The van der Waals surface area contributed by atoms with Crippen molar-refractivity contribution in [2.75, 3.05) is 20.7 Å². The number of hydrogen-bond donors (Lipinski definition) is 0. The van der Waals surface area contributed by atoms with Gasteiger partial charge in [0.1, 0.15) is 11.7 Å². The van der Waals surface area contributed by atoms with Crippen LogP contribution in [-0.2, 0) is 4.74 Å². The number of rotatable bonds is 5. The molecule has 2 aromatic heterocycles. The third kappa shape index (κ3) is 4.09. The third-order valence-electron chi connectivity index (χ3n) is 5.67. The van der Waals surface area contributed by atoms with E-state index in [9.17, 15) is 9.18 Å². The largest absolute Gasteiger partial charge is 0.369 e. The van der Waals surface area contributed by atoms with Crippen LogP contribution in [0, 0.1) is 5.82 Å². The number of hydrogen-bond acceptors (Lipinski definition) is 5. The van der Waals surface area contributed by atoms with Crippen LogP contribution in [0.15, 0.2) is 45.3 Å². The Morgan fingerprint density at radius 1 is 1.30 bits per heavy atom. The average molecular weight is 529 g/mol. The number of ether oxygens (including phenoxy) is 1. The molecule has 4 aromatic rings. The molecule has 0 spiro atoms. The van der Waals surface area contributed by atoms with Crippen molar-refractivity contribution in [3.63, 3.8) is 0 Å². The van der Waals surface area contributed by atoms with Gasteiger partial charge in [-0.05, 0) is 48.9 Å². The van der Waals surface area contributed by atoms with Crippen molar-refractivity contribution in [3.05, 3.63) is 57.3 Å². The van der Waals surface area contributed by atoms with E-state index in [0.29, 0.717) is 28.8 Å². The Hall–Kier alpha value is -2.62. The highest BCUT2D eigenvalue weighted by atomic mass is 79.9. The lowest BCUT2D eigenvalue weighted by Crippen LogP contribution is -2.18. The molecule has 1 fully saturated rings. The van der Waals surface area contributed by atoms with Crippen LogP contribution in [0.2, 0.25) is 0 Å². The van der Waals surface area contributed by atoms with Crippen molar-refractivity contribution >= 4 is 66.1 Å². The summed E-state index contributed by atoms with van der Waals surface area (Å²) < 4.78 is 23.9. The fourth-order valence-electron chi connectivity index (χ4n) is 4.06. The molecule has 0 amide bonds. The van der Waals surface area contributed by atoms with E-state index in [1.54, 1.807) is 23.3 Å². The monoisotopic (exact) mass is 528 g/mol. The number of fused-ring (bicyclic) bond motifs is 2. The molecule has 170 valence electrons. The highest BCUT2D eigenvalue weighted by Gasteiger charge is 2.24. The smallest absolute Gasteiger partial charge is 0.196 e. The van der Waals surface area contributed by atoms with Gasteiger partial charge >= 0.3 is 0 Å². The molecule has 6 nitrogen and oxygen atoms in total. The first-order chi connectivity index (χ1) is 15.9. The molecule has 0 bridgehead atoms. The molecular formula is C24H22BrFN4O2S. The zero-order chi connectivity index (χ0) is 23.1. The second-order valence-corrected chi connectivity index (χ2v) is 10.0. The van der Waals surface area contributed by atoms with Gasteiger partial charge in [-0.1, -0.05) is 15.9 Å². The summed E-state index contributed by atoms with van der Waals surface area (Å²) in [6, 6.07) is 6.62. The quantitative estimate of drug-likeness (QED) is 0.173. The minimum atomic E-state index is -0.461. The zero-order valence-corrected chi connectivity index (χ0v) is 20.6. The lowest BCUT2D eigenvalue weighted by molar-refractivity contribution is -0.0391. The van der Waals surface area contributed by atoms with Crippen LogP contribution in [0.3, 0.4) is 0 Å². The van der Waals surface area contributed by atoms with E-state index in [-0.39, 0.29) is 17.5 Å². The first kappa shape index (κ1) is 22.2. The average Bonchev–Trinajstić information content (AvgIpc) is 3.47. The van der Waals surface area contributed by atoms with Crippen molar-refractivity contribution in [1.29, 1.82) is 0 Å². The first-order valence-electron chi connectivity index (χ1n) is 10.7. The molecule has 1 saturated heterocycles. The topological polar surface area (TPSA) is 59.7 Å². The first-order valence-corrected chi connectivity index (χ1v) is 12.4. The van der Waals surface area contributed by atoms with Crippen LogP contribution in [-0.4, -0.2) is 47.5 Å². The molecule has 0 N–H and O–H groups in total. The number of ketones is 1. The predicted molar refractivity (Wildman–Crippen MR) is 133 cm³/mol. The highest BCUT2D eigenvalue weighted by molar-refractivity contribution is 9.10. The van der Waals surface area contributed by atoms with Crippen molar-refractivity contribution in [2.24, 2.45) is 4.99 Å². The summed E-state index contributed by atoms with van der Waals surface area (Å²) >= 11 is 5.13. The summed E-state index contributed by atoms with van der Waals surface area (Å²) in [5.41, 5.74) is 1.61. The van der Waals surface area contributed by atoms with Crippen LogP contribution in [0.1, 0.15) is 41.4 Å². The lowest BCUT2D eigenvalue weighted by Gasteiger charge is -2.22. The Bertz CT molecular complexity index is 1390. The molecule has 5 rings (SSSR count). The molecule has 9 heteroatoms. The summed E-state index contributed by atoms with van der Waals surface area (Å²) in [5, 5.41) is 7.88. The molecule has 33 heavy (non-hydrogen) atoms. The molecule has 3 heterocycles. The van der Waals surface area contributed by atoms with E-state index in [1.165, 1.54) is 23.5 Å². The lowest BCUT2D eigenvalue weighted by atomic mass is 9.98. The van der Waals surface area contributed by atoms with Gasteiger partial charge < -0.3 is 9.64 Å². The van der Waals surface area contributed by atoms with Crippen molar-refractivity contribution in [2.45, 2.75) is 25.5 Å². The Balaban J connectivity index is 1.67. The Kier molecular flexibility index (Phi) is 6.03. The summed E-state index contributed by atoms with van der Waals surface area (Å²) in [5.74, 6) is -0.692. The Morgan fingerprint density at radius 2 is 2.15 bits per heavy atom. The van der Waals surface area contributed by atoms with Gasteiger partial charge in [0, 0.05) is 47.7 Å². The number of carbonyl (C=O) groups is 1. The maximum atomic E-state index is 14.7. The van der Waals surface area contributed by atoms with E-state index in [1.807, 2.05) is 30.4 Å². The van der Waals surface area contributed by atoms with Crippen LogP contribution < -0.4 is 0 Å². The minimum absolute atomic E-state index is 0.171. The molecule has 2 aromatic carbocycles. The molecule has 1 unspecified atom stereocenters. The van der Waals surface area contributed by atoms with E-state index in [2.05, 4.69) is 26.0 Å². The van der Waals surface area contributed by atoms with Gasteiger partial charge in [0.15, 0.2) is 11.6 Å². The third-order valence-corrected chi connectivity index (χ3v) is 7.24. The second-order valence-electron chi connectivity index (χ2n) is 8.24. The highest BCUT2D eigenvalue weighted by Crippen LogP contribution is 2.40. The number of carbonyl (C=O) groups excluding carboxylic acids is 1. The van der Waals surface area contributed by atoms with Crippen LogP contribution >= 0.6 is 27.3 Å². The van der Waals surface area contributed by atoms with E-state index in [0.717, 1.165) is 33.8 Å². The molecule has 0 radical (unpaired) electrons. The molecular weight excluding hydrogens is 507 g/mol. The number of aromatic nitrogens is 2. The Labute approximate surface area is 202 Å². The fraction of sp³-hybridized carbons (Fsp3) is 0.292. The number of halogens is 2. The van der Waals surface area contributed by atoms with Gasteiger partial charge in [-0.15, -0.1) is 11.3 Å². The van der Waals surface area contributed by atoms with Gasteiger partial charge in [0.05, 0.1) is 22.3 Å². The fourth-order valence-corrected chi connectivity index (χ4v) is 5.67. The van der Waals surface area contributed by atoms with E-state index in [4.69, 9.17) is 4.74 Å². The van der Waals surface area contributed by atoms with Crippen molar-refractivity contribution < 1.29 is 13.9 Å². The summed E-state index contributed by atoms with van der Waals surface area (Å²) in [6.07, 6.45) is 6.00. The minimum Gasteiger partial charge on any atom is -0.369 e. The second kappa shape index (κ2) is 8.96. The van der Waals surface area contributed by atoms with E-state index >= 15 is 0 Å². The number of benzene rings is 2. The molecule has 1 atom stereocenters. The Morgan fingerprint density at radius 3 is 2.91 bits per heavy atom. The molecule has 0 saturated carbocycles. The maximum absolute atomic E-state index is 14.7. The standard InChI is InChI=1S/C24H22BrFN4O2S/c1-29(2)13-27-22-16(11-18(25)15-8-10-33-24(15)22)23(31)14-6-7-19(26)21-17(14)12-30(28-21)20-5-3-4-9-32-20/h6-8,10-13,20H,3-5,9H2,1-2H3.